The number of hydrogen-bond donors (Lipinski definition) is 1. The first-order chi connectivity index (χ1) is 11.6. The molecule has 2 N–H and O–H groups in total. The Morgan fingerprint density at radius 2 is 2.08 bits per heavy atom. The molecular formula is C18H19N3O3. The van der Waals surface area contributed by atoms with Crippen molar-refractivity contribution >= 4 is 11.8 Å². The van der Waals surface area contributed by atoms with Gasteiger partial charge in [0.25, 0.3) is 5.91 Å². The Morgan fingerprint density at radius 1 is 1.29 bits per heavy atom. The van der Waals surface area contributed by atoms with Gasteiger partial charge in [-0.05, 0) is 24.3 Å². The molecule has 2 bridgehead atoms. The third kappa shape index (κ3) is 2.38. The van der Waals surface area contributed by atoms with Gasteiger partial charge in [-0.15, -0.1) is 0 Å². The van der Waals surface area contributed by atoms with Crippen LogP contribution >= 0.6 is 0 Å². The molecule has 0 radical (unpaired) electrons. The molecule has 2 aliphatic heterocycles. The van der Waals surface area contributed by atoms with Gasteiger partial charge in [-0.25, -0.2) is 4.98 Å². The second-order valence-electron chi connectivity index (χ2n) is 6.55. The molecule has 0 spiro atoms. The zero-order valence-corrected chi connectivity index (χ0v) is 13.2. The van der Waals surface area contributed by atoms with Gasteiger partial charge in [-0.1, -0.05) is 30.3 Å². The first-order valence-corrected chi connectivity index (χ1v) is 8.21. The molecular weight excluding hydrogens is 306 g/mol. The predicted molar refractivity (Wildman–Crippen MR) is 86.1 cm³/mol. The highest BCUT2D eigenvalue weighted by Crippen LogP contribution is 2.53. The second kappa shape index (κ2) is 5.78. The first-order valence-electron chi connectivity index (χ1n) is 8.21. The fourth-order valence-corrected chi connectivity index (χ4v) is 4.01. The third-order valence-electron chi connectivity index (χ3n) is 5.22. The Labute approximate surface area is 139 Å². The Bertz CT molecular complexity index is 771. The lowest BCUT2D eigenvalue weighted by molar-refractivity contribution is -0.131. The molecule has 5 rings (SSSR count). The zero-order valence-electron chi connectivity index (χ0n) is 13.2. The van der Waals surface area contributed by atoms with Crippen LogP contribution in [0, 0.1) is 5.92 Å². The van der Waals surface area contributed by atoms with Crippen LogP contribution in [-0.4, -0.2) is 34.3 Å². The summed E-state index contributed by atoms with van der Waals surface area (Å²) in [6.45, 7) is 0.724. The van der Waals surface area contributed by atoms with E-state index < -0.39 is 5.91 Å². The average Bonchev–Trinajstić information content (AvgIpc) is 3.27. The summed E-state index contributed by atoms with van der Waals surface area (Å²) in [5, 5.41) is 0. The molecule has 6 heteroatoms. The Kier molecular flexibility index (Phi) is 3.59. The number of fused-ring (bicyclic) bond motifs is 1. The minimum Gasteiger partial charge on any atom is -0.447 e. The fourth-order valence-electron chi connectivity index (χ4n) is 4.01. The quantitative estimate of drug-likeness (QED) is 0.906. The summed E-state index contributed by atoms with van der Waals surface area (Å²) in [4.78, 5) is 29.9. The number of rotatable bonds is 5. The molecule has 124 valence electrons. The SMILES string of the molecule is NC(=O)c1ncoc1C1C2CC1N(C(=O)CCc1ccccc1)C2. The van der Waals surface area contributed by atoms with Crippen LogP contribution in [0.15, 0.2) is 41.1 Å². The van der Waals surface area contributed by atoms with Crippen molar-refractivity contribution in [3.05, 3.63) is 53.7 Å². The monoisotopic (exact) mass is 325 g/mol. The molecule has 3 aliphatic rings. The predicted octanol–water partition coefficient (Wildman–Crippen LogP) is 1.72. The molecule has 3 unspecified atom stereocenters. The number of carbonyl (C=O) groups is 2. The van der Waals surface area contributed by atoms with Gasteiger partial charge in [-0.2, -0.15) is 0 Å². The lowest BCUT2D eigenvalue weighted by Gasteiger charge is -2.35. The molecule has 2 amide bonds. The van der Waals surface area contributed by atoms with E-state index >= 15 is 0 Å². The standard InChI is InChI=1S/C18H19N3O3/c19-18(23)16-17(24-10-20-16)15-12-8-13(15)21(9-12)14(22)7-6-11-4-2-1-3-5-11/h1-5,10,12-13,15H,6-9H2,(H2,19,23). The summed E-state index contributed by atoms with van der Waals surface area (Å²) in [6, 6.07) is 10.1. The summed E-state index contributed by atoms with van der Waals surface area (Å²) >= 11 is 0. The van der Waals surface area contributed by atoms with E-state index in [-0.39, 0.29) is 23.6 Å². The average molecular weight is 325 g/mol. The Balaban J connectivity index is 1.43. The molecule has 3 fully saturated rings. The lowest BCUT2D eigenvalue weighted by Crippen LogP contribution is -2.40. The summed E-state index contributed by atoms with van der Waals surface area (Å²) in [5.41, 5.74) is 6.72. The van der Waals surface area contributed by atoms with Gasteiger partial charge in [0.2, 0.25) is 5.91 Å². The highest BCUT2D eigenvalue weighted by Gasteiger charge is 2.56. The molecule has 2 saturated heterocycles. The van der Waals surface area contributed by atoms with Crippen molar-refractivity contribution in [3.8, 4) is 0 Å². The molecule has 1 saturated carbocycles. The van der Waals surface area contributed by atoms with E-state index in [0.29, 0.717) is 18.1 Å². The zero-order chi connectivity index (χ0) is 16.7. The smallest absolute Gasteiger partial charge is 0.270 e. The van der Waals surface area contributed by atoms with Gasteiger partial charge in [-0.3, -0.25) is 9.59 Å². The van der Waals surface area contributed by atoms with Gasteiger partial charge in [0.15, 0.2) is 12.1 Å². The Morgan fingerprint density at radius 3 is 2.83 bits per heavy atom. The third-order valence-corrected chi connectivity index (χ3v) is 5.22. The minimum absolute atomic E-state index is 0.0516. The van der Waals surface area contributed by atoms with E-state index in [0.717, 1.165) is 19.4 Å². The van der Waals surface area contributed by atoms with Crippen LogP contribution in [-0.2, 0) is 11.2 Å². The maximum Gasteiger partial charge on any atom is 0.270 e. The van der Waals surface area contributed by atoms with Crippen molar-refractivity contribution in [2.75, 3.05) is 6.54 Å². The number of aromatic nitrogens is 1. The molecule has 1 aliphatic carbocycles. The number of hydrogen-bond acceptors (Lipinski definition) is 4. The first kappa shape index (κ1) is 14.9. The number of carbonyl (C=O) groups excluding carboxylic acids is 2. The molecule has 1 aromatic carbocycles. The van der Waals surface area contributed by atoms with Gasteiger partial charge in [0.1, 0.15) is 5.76 Å². The number of amides is 2. The van der Waals surface area contributed by atoms with Crippen molar-refractivity contribution in [1.29, 1.82) is 0 Å². The normalized spacial score (nSPS) is 24.7. The van der Waals surface area contributed by atoms with Gasteiger partial charge < -0.3 is 15.1 Å². The molecule has 2 aromatic rings. The maximum absolute atomic E-state index is 12.6. The van der Waals surface area contributed by atoms with Crippen LogP contribution in [0.5, 0.6) is 0 Å². The van der Waals surface area contributed by atoms with E-state index in [1.54, 1.807) is 0 Å². The molecule has 3 atom stereocenters. The highest BCUT2D eigenvalue weighted by atomic mass is 16.3. The van der Waals surface area contributed by atoms with E-state index in [2.05, 4.69) is 4.98 Å². The number of primary amides is 1. The fraction of sp³-hybridized carbons (Fsp3) is 0.389. The van der Waals surface area contributed by atoms with Crippen molar-refractivity contribution < 1.29 is 14.0 Å². The molecule has 6 nitrogen and oxygen atoms in total. The lowest BCUT2D eigenvalue weighted by atomic mass is 9.72. The largest absolute Gasteiger partial charge is 0.447 e. The number of nitrogens with zero attached hydrogens (tertiary/aromatic N) is 2. The van der Waals surface area contributed by atoms with Crippen molar-refractivity contribution in [2.45, 2.75) is 31.2 Å². The van der Waals surface area contributed by atoms with Gasteiger partial charge in [0, 0.05) is 24.9 Å². The molecule has 24 heavy (non-hydrogen) atoms. The van der Waals surface area contributed by atoms with Crippen LogP contribution in [0.25, 0.3) is 0 Å². The minimum atomic E-state index is -0.577. The van der Waals surface area contributed by atoms with Gasteiger partial charge >= 0.3 is 0 Å². The van der Waals surface area contributed by atoms with E-state index in [1.165, 1.54) is 12.0 Å². The van der Waals surface area contributed by atoms with Gasteiger partial charge in [0.05, 0.1) is 0 Å². The summed E-state index contributed by atoms with van der Waals surface area (Å²) < 4.78 is 5.42. The van der Waals surface area contributed by atoms with Crippen molar-refractivity contribution in [1.82, 2.24) is 9.88 Å². The molecule has 3 heterocycles. The maximum atomic E-state index is 12.6. The number of aryl methyl sites for hydroxylation is 1. The highest BCUT2D eigenvalue weighted by molar-refractivity contribution is 5.92. The van der Waals surface area contributed by atoms with E-state index in [1.807, 2.05) is 35.2 Å². The van der Waals surface area contributed by atoms with Crippen LogP contribution in [0.2, 0.25) is 0 Å². The number of nitrogens with two attached hydrogens (primary N) is 1. The van der Waals surface area contributed by atoms with Crippen LogP contribution in [0.1, 0.15) is 40.6 Å². The summed E-state index contributed by atoms with van der Waals surface area (Å²) in [6.07, 6.45) is 3.46. The Hall–Kier alpha value is -2.63. The van der Waals surface area contributed by atoms with E-state index in [9.17, 15) is 9.59 Å². The van der Waals surface area contributed by atoms with E-state index in [4.69, 9.17) is 10.2 Å². The van der Waals surface area contributed by atoms with Crippen molar-refractivity contribution in [2.24, 2.45) is 11.7 Å². The number of oxazole rings is 1. The summed E-state index contributed by atoms with van der Waals surface area (Å²) in [7, 11) is 0. The summed E-state index contributed by atoms with van der Waals surface area (Å²) in [5.74, 6) is 0.514. The topological polar surface area (TPSA) is 89.4 Å². The second-order valence-corrected chi connectivity index (χ2v) is 6.55. The van der Waals surface area contributed by atoms with Crippen LogP contribution in [0.4, 0.5) is 0 Å². The van der Waals surface area contributed by atoms with Crippen LogP contribution in [0.3, 0.4) is 0 Å². The van der Waals surface area contributed by atoms with Crippen LogP contribution < -0.4 is 5.73 Å². The van der Waals surface area contributed by atoms with Crippen molar-refractivity contribution in [3.63, 3.8) is 0 Å². The number of benzene rings is 1. The molecule has 1 aromatic heterocycles.